The number of nitrogens with zero attached hydrogens (tertiary/aromatic N) is 2. The van der Waals surface area contributed by atoms with Gasteiger partial charge in [0.15, 0.2) is 0 Å². The minimum atomic E-state index is 0.0634. The van der Waals surface area contributed by atoms with E-state index < -0.39 is 0 Å². The van der Waals surface area contributed by atoms with Crippen LogP contribution in [0.3, 0.4) is 0 Å². The number of benzene rings is 1. The lowest BCUT2D eigenvalue weighted by atomic mass is 10.0. The molecule has 2 atom stereocenters. The maximum atomic E-state index is 5.82. The smallest absolute Gasteiger partial charge is 0.222 e. The van der Waals surface area contributed by atoms with E-state index in [0.29, 0.717) is 5.95 Å². The van der Waals surface area contributed by atoms with Crippen LogP contribution in [0.2, 0.25) is 0 Å². The Kier molecular flexibility index (Phi) is 3.75. The van der Waals surface area contributed by atoms with Gasteiger partial charge in [-0.25, -0.2) is 9.97 Å². The van der Waals surface area contributed by atoms with Gasteiger partial charge in [0.1, 0.15) is 6.10 Å². The molecule has 2 heterocycles. The second kappa shape index (κ2) is 5.67. The second-order valence-electron chi connectivity index (χ2n) is 4.47. The van der Waals surface area contributed by atoms with Crippen LogP contribution >= 0.6 is 15.9 Å². The molecule has 5 heteroatoms. The van der Waals surface area contributed by atoms with Crippen LogP contribution in [0.4, 0.5) is 5.95 Å². The average molecular weight is 320 g/mol. The summed E-state index contributed by atoms with van der Waals surface area (Å²) in [4.78, 5) is 8.49. The highest BCUT2D eigenvalue weighted by Crippen LogP contribution is 2.30. The molecule has 98 valence electrons. The van der Waals surface area contributed by atoms with Crippen LogP contribution in [0.25, 0.3) is 0 Å². The Morgan fingerprint density at radius 1 is 1.16 bits per heavy atom. The van der Waals surface area contributed by atoms with Crippen molar-refractivity contribution in [1.82, 2.24) is 9.97 Å². The molecule has 0 spiro atoms. The third-order valence-corrected chi connectivity index (χ3v) is 3.56. The number of aromatic nitrogens is 2. The summed E-state index contributed by atoms with van der Waals surface area (Å²) in [6, 6.07) is 10.5. The van der Waals surface area contributed by atoms with E-state index in [0.717, 1.165) is 17.5 Å². The molecule has 1 N–H and O–H groups in total. The van der Waals surface area contributed by atoms with E-state index in [9.17, 15) is 0 Å². The number of hydrogen-bond donors (Lipinski definition) is 1. The van der Waals surface area contributed by atoms with Gasteiger partial charge in [0.25, 0.3) is 0 Å². The SMILES string of the molecule is Brc1cnc(NC2CCOC2c2ccccc2)nc1. The number of hydrogen-bond acceptors (Lipinski definition) is 4. The molecule has 2 aromatic rings. The maximum absolute atomic E-state index is 5.82. The quantitative estimate of drug-likeness (QED) is 0.943. The zero-order valence-corrected chi connectivity index (χ0v) is 11.9. The van der Waals surface area contributed by atoms with Gasteiger partial charge in [-0.15, -0.1) is 0 Å². The van der Waals surface area contributed by atoms with Crippen molar-refractivity contribution in [3.63, 3.8) is 0 Å². The van der Waals surface area contributed by atoms with Gasteiger partial charge in [-0.2, -0.15) is 0 Å². The van der Waals surface area contributed by atoms with E-state index in [1.54, 1.807) is 12.4 Å². The Morgan fingerprint density at radius 3 is 2.63 bits per heavy atom. The summed E-state index contributed by atoms with van der Waals surface area (Å²) in [5.41, 5.74) is 1.19. The highest BCUT2D eigenvalue weighted by Gasteiger charge is 2.29. The monoisotopic (exact) mass is 319 g/mol. The first kappa shape index (κ1) is 12.6. The zero-order chi connectivity index (χ0) is 13.1. The van der Waals surface area contributed by atoms with E-state index in [2.05, 4.69) is 43.3 Å². The molecule has 2 unspecified atom stereocenters. The van der Waals surface area contributed by atoms with Crippen LogP contribution < -0.4 is 5.32 Å². The van der Waals surface area contributed by atoms with Gasteiger partial charge in [0.2, 0.25) is 5.95 Å². The number of ether oxygens (including phenoxy) is 1. The predicted octanol–water partition coefficient (Wildman–Crippen LogP) is 3.18. The van der Waals surface area contributed by atoms with Gasteiger partial charge < -0.3 is 10.1 Å². The minimum absolute atomic E-state index is 0.0634. The summed E-state index contributed by atoms with van der Waals surface area (Å²) in [5, 5.41) is 3.35. The van der Waals surface area contributed by atoms with Crippen molar-refractivity contribution in [2.75, 3.05) is 11.9 Å². The van der Waals surface area contributed by atoms with Crippen molar-refractivity contribution in [2.24, 2.45) is 0 Å². The molecule has 4 nitrogen and oxygen atoms in total. The molecule has 1 aromatic carbocycles. The Morgan fingerprint density at radius 2 is 1.89 bits per heavy atom. The van der Waals surface area contributed by atoms with Gasteiger partial charge in [-0.1, -0.05) is 30.3 Å². The van der Waals surface area contributed by atoms with Crippen LogP contribution in [-0.2, 0) is 4.74 Å². The molecule has 1 aliphatic heterocycles. The lowest BCUT2D eigenvalue weighted by Crippen LogP contribution is -2.24. The van der Waals surface area contributed by atoms with E-state index in [-0.39, 0.29) is 12.1 Å². The van der Waals surface area contributed by atoms with Crippen molar-refractivity contribution in [3.8, 4) is 0 Å². The average Bonchev–Trinajstić information content (AvgIpc) is 2.90. The highest BCUT2D eigenvalue weighted by atomic mass is 79.9. The summed E-state index contributed by atoms with van der Waals surface area (Å²) >= 11 is 3.33. The highest BCUT2D eigenvalue weighted by molar-refractivity contribution is 9.10. The minimum Gasteiger partial charge on any atom is -0.371 e. The molecule has 0 radical (unpaired) electrons. The third kappa shape index (κ3) is 2.93. The Hall–Kier alpha value is -1.46. The molecule has 3 rings (SSSR count). The first-order valence-corrected chi connectivity index (χ1v) is 7.03. The molecule has 19 heavy (non-hydrogen) atoms. The van der Waals surface area contributed by atoms with Gasteiger partial charge in [0, 0.05) is 19.0 Å². The number of halogens is 1. The predicted molar refractivity (Wildman–Crippen MR) is 76.9 cm³/mol. The molecule has 0 amide bonds. The van der Waals surface area contributed by atoms with Gasteiger partial charge >= 0.3 is 0 Å². The lowest BCUT2D eigenvalue weighted by Gasteiger charge is -2.20. The molecule has 1 saturated heterocycles. The van der Waals surface area contributed by atoms with E-state index in [4.69, 9.17) is 4.74 Å². The van der Waals surface area contributed by atoms with Gasteiger partial charge in [-0.05, 0) is 27.9 Å². The molecule has 1 fully saturated rings. The van der Waals surface area contributed by atoms with E-state index in [1.165, 1.54) is 5.56 Å². The molecule has 1 aliphatic rings. The molecule has 0 bridgehead atoms. The molecule has 0 saturated carbocycles. The normalized spacial score (nSPS) is 22.4. The van der Waals surface area contributed by atoms with Gasteiger partial charge in [0.05, 0.1) is 10.5 Å². The lowest BCUT2D eigenvalue weighted by molar-refractivity contribution is 0.107. The van der Waals surface area contributed by atoms with Crippen molar-refractivity contribution < 1.29 is 4.74 Å². The van der Waals surface area contributed by atoms with Crippen molar-refractivity contribution >= 4 is 21.9 Å². The van der Waals surface area contributed by atoms with Crippen molar-refractivity contribution in [3.05, 3.63) is 52.8 Å². The first-order valence-electron chi connectivity index (χ1n) is 6.23. The summed E-state index contributed by atoms with van der Waals surface area (Å²) in [7, 11) is 0. The Bertz CT molecular complexity index is 532. The second-order valence-corrected chi connectivity index (χ2v) is 5.38. The molecule has 0 aliphatic carbocycles. The maximum Gasteiger partial charge on any atom is 0.222 e. The molecular weight excluding hydrogens is 306 g/mol. The van der Waals surface area contributed by atoms with Crippen LogP contribution in [-0.4, -0.2) is 22.6 Å². The fourth-order valence-corrected chi connectivity index (χ4v) is 2.47. The Balaban J connectivity index is 1.75. The molecular formula is C14H14BrN3O. The third-order valence-electron chi connectivity index (χ3n) is 3.15. The van der Waals surface area contributed by atoms with Gasteiger partial charge in [-0.3, -0.25) is 0 Å². The fourth-order valence-electron chi connectivity index (χ4n) is 2.26. The summed E-state index contributed by atoms with van der Waals surface area (Å²) in [5.74, 6) is 0.639. The largest absolute Gasteiger partial charge is 0.371 e. The standard InChI is InChI=1S/C14H14BrN3O/c15-11-8-16-14(17-9-11)18-12-6-7-19-13(12)10-4-2-1-3-5-10/h1-5,8-9,12-13H,6-7H2,(H,16,17,18). The van der Waals surface area contributed by atoms with E-state index >= 15 is 0 Å². The van der Waals surface area contributed by atoms with Crippen molar-refractivity contribution in [2.45, 2.75) is 18.6 Å². The summed E-state index contributed by atoms with van der Waals surface area (Å²) in [6.07, 6.45) is 4.50. The zero-order valence-electron chi connectivity index (χ0n) is 10.3. The number of nitrogens with one attached hydrogen (secondary N) is 1. The number of rotatable bonds is 3. The van der Waals surface area contributed by atoms with Crippen LogP contribution in [0, 0.1) is 0 Å². The van der Waals surface area contributed by atoms with Crippen LogP contribution in [0.1, 0.15) is 18.1 Å². The number of anilines is 1. The van der Waals surface area contributed by atoms with Crippen LogP contribution in [0.15, 0.2) is 47.2 Å². The first-order chi connectivity index (χ1) is 9.33. The fraction of sp³-hybridized carbons (Fsp3) is 0.286. The van der Waals surface area contributed by atoms with Crippen LogP contribution in [0.5, 0.6) is 0 Å². The van der Waals surface area contributed by atoms with Crippen molar-refractivity contribution in [1.29, 1.82) is 0 Å². The summed E-state index contributed by atoms with van der Waals surface area (Å²) < 4.78 is 6.70. The summed E-state index contributed by atoms with van der Waals surface area (Å²) in [6.45, 7) is 0.758. The topological polar surface area (TPSA) is 47.0 Å². The van der Waals surface area contributed by atoms with E-state index in [1.807, 2.05) is 18.2 Å². The molecule has 1 aromatic heterocycles. The Labute approximate surface area is 120 Å².